The maximum Gasteiger partial charge on any atom is 0.00685 e. The molecule has 1 rings (SSSR count). The van der Waals surface area contributed by atoms with Crippen molar-refractivity contribution in [3.05, 3.63) is 34.8 Å². The van der Waals surface area contributed by atoms with Crippen molar-refractivity contribution in [1.29, 1.82) is 0 Å². The molecule has 0 aliphatic heterocycles. The van der Waals surface area contributed by atoms with Crippen LogP contribution in [-0.4, -0.2) is 6.26 Å². The lowest BCUT2D eigenvalue weighted by Crippen LogP contribution is -1.68. The van der Waals surface area contributed by atoms with Crippen LogP contribution in [0.3, 0.4) is 0 Å². The van der Waals surface area contributed by atoms with Crippen LogP contribution in [-0.2, 0) is 0 Å². The fraction of sp³-hybridized carbons (Fsp3) is 0.333. The predicted octanol–water partition coefficient (Wildman–Crippen LogP) is 3.14. The van der Waals surface area contributed by atoms with E-state index < -0.39 is 0 Å². The number of thioether (sulfide) groups is 1. The van der Waals surface area contributed by atoms with Gasteiger partial charge in [0.2, 0.25) is 0 Å². The van der Waals surface area contributed by atoms with E-state index in [9.17, 15) is 0 Å². The molecule has 0 aromatic heterocycles. The van der Waals surface area contributed by atoms with Crippen LogP contribution in [0.2, 0.25) is 0 Å². The van der Waals surface area contributed by atoms with E-state index in [1.807, 2.05) is 0 Å². The lowest BCUT2D eigenvalue weighted by molar-refractivity contribution is 1.35. The quantitative estimate of drug-likeness (QED) is 0.556. The molecule has 0 fully saturated rings. The van der Waals surface area contributed by atoms with Crippen molar-refractivity contribution in [2.75, 3.05) is 6.26 Å². The zero-order valence-corrected chi connectivity index (χ0v) is 7.24. The third-order valence-corrected chi connectivity index (χ3v) is 2.19. The Morgan fingerprint density at radius 2 is 2.30 bits per heavy atom. The van der Waals surface area contributed by atoms with E-state index in [2.05, 4.69) is 37.5 Å². The van der Waals surface area contributed by atoms with Crippen molar-refractivity contribution in [3.63, 3.8) is 0 Å². The molecule has 0 spiro atoms. The van der Waals surface area contributed by atoms with E-state index in [1.54, 1.807) is 11.8 Å². The first-order valence-corrected chi connectivity index (χ1v) is 4.64. The molecule has 0 atom stereocenters. The van der Waals surface area contributed by atoms with Crippen molar-refractivity contribution >= 4 is 11.8 Å². The van der Waals surface area contributed by atoms with E-state index in [0.29, 0.717) is 0 Å². The lowest BCUT2D eigenvalue weighted by Gasteiger charge is -1.93. The average molecular weight is 152 g/mol. The largest absolute Gasteiger partial charge is 0.130 e. The Labute approximate surface area is 66.7 Å². The molecule has 1 aliphatic carbocycles. The molecule has 0 nitrogen and oxygen atoms in total. The summed E-state index contributed by atoms with van der Waals surface area (Å²) >= 11 is 1.80. The molecule has 0 aromatic carbocycles. The van der Waals surface area contributed by atoms with Crippen LogP contribution in [0, 0.1) is 0 Å². The summed E-state index contributed by atoms with van der Waals surface area (Å²) in [5, 5.41) is 0. The summed E-state index contributed by atoms with van der Waals surface area (Å²) in [6, 6.07) is 0. The predicted molar refractivity (Wildman–Crippen MR) is 49.1 cm³/mol. The Morgan fingerprint density at radius 3 is 3.00 bits per heavy atom. The van der Waals surface area contributed by atoms with Gasteiger partial charge in [-0.3, -0.25) is 0 Å². The summed E-state index contributed by atoms with van der Waals surface area (Å²) in [7, 11) is 0. The monoisotopic (exact) mass is 152 g/mol. The number of allylic oxidation sites excluding steroid dienone is 5. The van der Waals surface area contributed by atoms with Crippen LogP contribution in [0.5, 0.6) is 0 Å². The molecule has 0 heterocycles. The Balaban J connectivity index is 2.79. The van der Waals surface area contributed by atoms with Crippen molar-refractivity contribution in [1.82, 2.24) is 0 Å². The van der Waals surface area contributed by atoms with E-state index in [0.717, 1.165) is 6.42 Å². The van der Waals surface area contributed by atoms with Crippen molar-refractivity contribution < 1.29 is 0 Å². The Bertz CT molecular complexity index is 197. The number of hydrogen-bond acceptors (Lipinski definition) is 1. The Morgan fingerprint density at radius 1 is 1.50 bits per heavy atom. The van der Waals surface area contributed by atoms with E-state index in [1.165, 1.54) is 10.5 Å². The van der Waals surface area contributed by atoms with Crippen LogP contribution in [0.4, 0.5) is 0 Å². The van der Waals surface area contributed by atoms with Gasteiger partial charge in [-0.15, -0.1) is 11.8 Å². The summed E-state index contributed by atoms with van der Waals surface area (Å²) in [6.07, 6.45) is 12.0. The summed E-state index contributed by atoms with van der Waals surface area (Å²) in [6.45, 7) is 2.14. The van der Waals surface area contributed by atoms with Crippen LogP contribution in [0.15, 0.2) is 34.8 Å². The SMILES string of the molecule is CSC1=CC(C)=CCC=C1. The molecule has 0 amide bonds. The second-order valence-electron chi connectivity index (χ2n) is 2.34. The van der Waals surface area contributed by atoms with Crippen LogP contribution < -0.4 is 0 Å². The minimum Gasteiger partial charge on any atom is -0.130 e. The average Bonchev–Trinajstić information content (AvgIpc) is 2.13. The fourth-order valence-corrected chi connectivity index (χ4v) is 1.43. The van der Waals surface area contributed by atoms with Gasteiger partial charge >= 0.3 is 0 Å². The van der Waals surface area contributed by atoms with Gasteiger partial charge in [-0.05, 0) is 25.7 Å². The smallest absolute Gasteiger partial charge is 0.00685 e. The van der Waals surface area contributed by atoms with Gasteiger partial charge < -0.3 is 0 Å². The molecule has 0 N–H and O–H groups in total. The Hall–Kier alpha value is -0.430. The van der Waals surface area contributed by atoms with E-state index >= 15 is 0 Å². The molecule has 0 unspecified atom stereocenters. The summed E-state index contributed by atoms with van der Waals surface area (Å²) < 4.78 is 0. The van der Waals surface area contributed by atoms with Gasteiger partial charge in [0.15, 0.2) is 0 Å². The molecule has 54 valence electrons. The highest BCUT2D eigenvalue weighted by Gasteiger charge is 1.92. The third kappa shape index (κ3) is 2.07. The summed E-state index contributed by atoms with van der Waals surface area (Å²) in [5.74, 6) is 0. The maximum atomic E-state index is 2.24. The molecule has 0 radical (unpaired) electrons. The van der Waals surface area contributed by atoms with Gasteiger partial charge in [-0.1, -0.05) is 23.8 Å². The zero-order chi connectivity index (χ0) is 7.40. The highest BCUT2D eigenvalue weighted by Crippen LogP contribution is 2.18. The topological polar surface area (TPSA) is 0 Å². The number of rotatable bonds is 1. The van der Waals surface area contributed by atoms with Gasteiger partial charge in [0, 0.05) is 4.91 Å². The van der Waals surface area contributed by atoms with Crippen LogP contribution >= 0.6 is 11.8 Å². The molecule has 0 saturated carbocycles. The first kappa shape index (κ1) is 7.67. The van der Waals surface area contributed by atoms with Crippen LogP contribution in [0.25, 0.3) is 0 Å². The van der Waals surface area contributed by atoms with E-state index in [4.69, 9.17) is 0 Å². The summed E-state index contributed by atoms with van der Waals surface area (Å²) in [4.78, 5) is 1.35. The van der Waals surface area contributed by atoms with Crippen molar-refractivity contribution in [3.8, 4) is 0 Å². The van der Waals surface area contributed by atoms with Crippen molar-refractivity contribution in [2.24, 2.45) is 0 Å². The van der Waals surface area contributed by atoms with Gasteiger partial charge in [-0.2, -0.15) is 0 Å². The lowest BCUT2D eigenvalue weighted by atomic mass is 10.2. The molecular weight excluding hydrogens is 140 g/mol. The Kier molecular flexibility index (Phi) is 2.82. The fourth-order valence-electron chi connectivity index (χ4n) is 0.897. The first-order valence-electron chi connectivity index (χ1n) is 3.42. The minimum atomic E-state index is 1.08. The van der Waals surface area contributed by atoms with Gasteiger partial charge in [0.25, 0.3) is 0 Å². The number of hydrogen-bond donors (Lipinski definition) is 0. The molecule has 0 aromatic rings. The second kappa shape index (κ2) is 3.67. The highest BCUT2D eigenvalue weighted by molar-refractivity contribution is 8.02. The molecule has 0 bridgehead atoms. The van der Waals surface area contributed by atoms with Gasteiger partial charge in [0.1, 0.15) is 0 Å². The van der Waals surface area contributed by atoms with Crippen molar-refractivity contribution in [2.45, 2.75) is 13.3 Å². The normalized spacial score (nSPS) is 17.8. The zero-order valence-electron chi connectivity index (χ0n) is 6.42. The standard InChI is InChI=1S/C9H12S/c1-8-5-3-4-6-9(7-8)10-2/h4-7H,3H2,1-2H3. The van der Waals surface area contributed by atoms with Gasteiger partial charge in [0.05, 0.1) is 0 Å². The van der Waals surface area contributed by atoms with Gasteiger partial charge in [-0.25, -0.2) is 0 Å². The molecule has 0 saturated heterocycles. The second-order valence-corrected chi connectivity index (χ2v) is 3.22. The first-order chi connectivity index (χ1) is 4.83. The van der Waals surface area contributed by atoms with Crippen LogP contribution in [0.1, 0.15) is 13.3 Å². The maximum absolute atomic E-state index is 2.24. The van der Waals surface area contributed by atoms with E-state index in [-0.39, 0.29) is 0 Å². The molecule has 10 heavy (non-hydrogen) atoms. The third-order valence-electron chi connectivity index (χ3n) is 1.46. The minimum absolute atomic E-state index is 1.08. The molecule has 1 aliphatic rings. The highest BCUT2D eigenvalue weighted by atomic mass is 32.2. The summed E-state index contributed by atoms with van der Waals surface area (Å²) in [5.41, 5.74) is 1.37. The molecule has 1 heteroatoms. The molecular formula is C9H12S.